The standard InChI is InChI=1S/C21H32N6OS/c1-15-16(2)29-21-19(15)20(23-17(3)24-21)22-14-18(28)27-12-10-26(11-13-27)9-8-25-6-4-5-7-25/h4-14H2,1-3H3,(H,22,23,24)/p+2. The van der Waals surface area contributed by atoms with Gasteiger partial charge in [0.05, 0.1) is 51.2 Å². The summed E-state index contributed by atoms with van der Waals surface area (Å²) in [6.07, 6.45) is 2.78. The van der Waals surface area contributed by atoms with E-state index in [4.69, 9.17) is 0 Å². The van der Waals surface area contributed by atoms with Gasteiger partial charge in [-0.15, -0.1) is 11.3 Å². The molecule has 8 heteroatoms. The highest BCUT2D eigenvalue weighted by atomic mass is 32.1. The summed E-state index contributed by atoms with van der Waals surface area (Å²) in [4.78, 5) is 29.6. The second kappa shape index (κ2) is 8.93. The van der Waals surface area contributed by atoms with Crippen molar-refractivity contribution >= 4 is 33.3 Å². The van der Waals surface area contributed by atoms with Crippen molar-refractivity contribution < 1.29 is 14.6 Å². The maximum Gasteiger partial charge on any atom is 0.242 e. The van der Waals surface area contributed by atoms with E-state index in [1.807, 2.05) is 11.8 Å². The first kappa shape index (κ1) is 20.5. The first-order chi connectivity index (χ1) is 14.0. The molecule has 0 saturated carbocycles. The van der Waals surface area contributed by atoms with Crippen molar-refractivity contribution in [3.05, 3.63) is 16.3 Å². The van der Waals surface area contributed by atoms with Crippen LogP contribution < -0.4 is 15.1 Å². The highest BCUT2D eigenvalue weighted by Gasteiger charge is 2.25. The van der Waals surface area contributed by atoms with Crippen LogP contribution in [0, 0.1) is 20.8 Å². The summed E-state index contributed by atoms with van der Waals surface area (Å²) in [6, 6.07) is 0. The third-order valence-corrected chi connectivity index (χ3v) is 7.61. The number of nitrogens with one attached hydrogen (secondary N) is 3. The van der Waals surface area contributed by atoms with Crippen LogP contribution in [0.15, 0.2) is 0 Å². The predicted octanol–water partition coefficient (Wildman–Crippen LogP) is -0.566. The van der Waals surface area contributed by atoms with Crippen molar-refractivity contribution in [2.45, 2.75) is 33.6 Å². The zero-order valence-corrected chi connectivity index (χ0v) is 18.8. The molecule has 0 bridgehead atoms. The Morgan fingerprint density at radius 1 is 1.03 bits per heavy atom. The molecule has 2 aromatic heterocycles. The molecule has 2 saturated heterocycles. The summed E-state index contributed by atoms with van der Waals surface area (Å²) in [7, 11) is 0. The summed E-state index contributed by atoms with van der Waals surface area (Å²) < 4.78 is 0. The van der Waals surface area contributed by atoms with E-state index in [1.165, 1.54) is 49.5 Å². The number of likely N-dealkylation sites (tertiary alicyclic amines) is 1. The Labute approximate surface area is 177 Å². The van der Waals surface area contributed by atoms with Crippen LogP contribution in [0.2, 0.25) is 0 Å². The van der Waals surface area contributed by atoms with Gasteiger partial charge in [-0.05, 0) is 26.3 Å². The molecule has 29 heavy (non-hydrogen) atoms. The molecular weight excluding hydrogens is 384 g/mol. The van der Waals surface area contributed by atoms with E-state index in [0.29, 0.717) is 6.54 Å². The third-order valence-electron chi connectivity index (χ3n) is 6.51. The minimum absolute atomic E-state index is 0.170. The highest BCUT2D eigenvalue weighted by Crippen LogP contribution is 2.33. The molecule has 4 heterocycles. The zero-order valence-electron chi connectivity index (χ0n) is 17.9. The Kier molecular flexibility index (Phi) is 6.32. The maximum atomic E-state index is 12.8. The first-order valence-electron chi connectivity index (χ1n) is 10.9. The van der Waals surface area contributed by atoms with E-state index in [1.54, 1.807) is 21.1 Å². The topological polar surface area (TPSA) is 67.0 Å². The fraction of sp³-hybridized carbons (Fsp3) is 0.667. The number of piperazine rings is 1. The molecule has 0 spiro atoms. The molecule has 0 aromatic carbocycles. The van der Waals surface area contributed by atoms with Gasteiger partial charge in [0.1, 0.15) is 29.6 Å². The average molecular weight is 419 g/mol. The first-order valence-corrected chi connectivity index (χ1v) is 11.8. The van der Waals surface area contributed by atoms with Gasteiger partial charge >= 0.3 is 0 Å². The SMILES string of the molecule is Cc1nc(NCC(=O)N2CC[NH+](CC[NH+]3CCCC3)CC2)c2c(C)c(C)sc2n1. The van der Waals surface area contributed by atoms with Gasteiger partial charge < -0.3 is 20.0 Å². The van der Waals surface area contributed by atoms with Crippen LogP contribution in [-0.4, -0.2) is 79.7 Å². The van der Waals surface area contributed by atoms with Gasteiger partial charge in [-0.25, -0.2) is 9.97 Å². The minimum atomic E-state index is 0.170. The molecule has 7 nitrogen and oxygen atoms in total. The molecule has 2 aliphatic rings. The molecule has 1 amide bonds. The normalized spacial score (nSPS) is 18.7. The van der Waals surface area contributed by atoms with Crippen LogP contribution in [0.3, 0.4) is 0 Å². The van der Waals surface area contributed by atoms with E-state index < -0.39 is 0 Å². The lowest BCUT2D eigenvalue weighted by atomic mass is 10.2. The molecule has 2 fully saturated rings. The van der Waals surface area contributed by atoms with Crippen LogP contribution in [0.1, 0.15) is 29.1 Å². The lowest BCUT2D eigenvalue weighted by molar-refractivity contribution is -0.954. The van der Waals surface area contributed by atoms with Crippen molar-refractivity contribution in [1.29, 1.82) is 0 Å². The van der Waals surface area contributed by atoms with Gasteiger partial charge in [0, 0.05) is 17.7 Å². The Balaban J connectivity index is 1.29. The average Bonchev–Trinajstić information content (AvgIpc) is 3.33. The quantitative estimate of drug-likeness (QED) is 0.588. The smallest absolute Gasteiger partial charge is 0.242 e. The summed E-state index contributed by atoms with van der Waals surface area (Å²) in [6.45, 7) is 15.5. The summed E-state index contributed by atoms with van der Waals surface area (Å²) >= 11 is 1.69. The Bertz CT molecular complexity index is 868. The van der Waals surface area contributed by atoms with Crippen molar-refractivity contribution in [2.24, 2.45) is 0 Å². The number of carbonyl (C=O) groups excluding carboxylic acids is 1. The van der Waals surface area contributed by atoms with Crippen LogP contribution in [0.4, 0.5) is 5.82 Å². The van der Waals surface area contributed by atoms with Crippen molar-refractivity contribution in [3.63, 3.8) is 0 Å². The fourth-order valence-electron chi connectivity index (χ4n) is 4.56. The summed E-state index contributed by atoms with van der Waals surface area (Å²) in [5.74, 6) is 1.70. The van der Waals surface area contributed by atoms with Gasteiger partial charge in [-0.2, -0.15) is 0 Å². The highest BCUT2D eigenvalue weighted by molar-refractivity contribution is 7.18. The third kappa shape index (κ3) is 4.70. The molecule has 0 aliphatic carbocycles. The minimum Gasteiger partial charge on any atom is -0.360 e. The summed E-state index contributed by atoms with van der Waals surface area (Å²) in [5.41, 5.74) is 1.21. The number of aromatic nitrogens is 2. The number of aryl methyl sites for hydroxylation is 3. The second-order valence-electron chi connectivity index (χ2n) is 8.52. The number of carbonyl (C=O) groups is 1. The van der Waals surface area contributed by atoms with Crippen LogP contribution in [0.25, 0.3) is 10.2 Å². The number of thiophene rings is 1. The number of hydrogen-bond acceptors (Lipinski definition) is 5. The monoisotopic (exact) mass is 418 g/mol. The molecule has 4 rings (SSSR count). The van der Waals surface area contributed by atoms with Gasteiger partial charge in [-0.1, -0.05) is 0 Å². The van der Waals surface area contributed by atoms with Crippen LogP contribution in [0.5, 0.6) is 0 Å². The number of fused-ring (bicyclic) bond motifs is 1. The molecule has 2 aliphatic heterocycles. The molecule has 0 unspecified atom stereocenters. The van der Waals surface area contributed by atoms with Crippen molar-refractivity contribution in [1.82, 2.24) is 14.9 Å². The van der Waals surface area contributed by atoms with Crippen LogP contribution in [-0.2, 0) is 4.79 Å². The molecule has 0 radical (unpaired) electrons. The van der Waals surface area contributed by atoms with Gasteiger partial charge in [0.15, 0.2) is 0 Å². The van der Waals surface area contributed by atoms with Gasteiger partial charge in [-0.3, -0.25) is 4.79 Å². The zero-order chi connectivity index (χ0) is 20.4. The number of rotatable bonds is 6. The van der Waals surface area contributed by atoms with Crippen molar-refractivity contribution in [3.8, 4) is 0 Å². The number of nitrogens with zero attached hydrogens (tertiary/aromatic N) is 3. The largest absolute Gasteiger partial charge is 0.360 e. The predicted molar refractivity (Wildman–Crippen MR) is 117 cm³/mol. The van der Waals surface area contributed by atoms with E-state index in [-0.39, 0.29) is 5.91 Å². The van der Waals surface area contributed by atoms with Gasteiger partial charge in [0.2, 0.25) is 5.91 Å². The lowest BCUT2D eigenvalue weighted by Crippen LogP contribution is -3.21. The lowest BCUT2D eigenvalue weighted by Gasteiger charge is -2.32. The molecule has 2 aromatic rings. The Hall–Kier alpha value is -1.77. The number of hydrogen-bond donors (Lipinski definition) is 3. The number of amides is 1. The van der Waals surface area contributed by atoms with Gasteiger partial charge in [0.25, 0.3) is 0 Å². The fourth-order valence-corrected chi connectivity index (χ4v) is 5.63. The van der Waals surface area contributed by atoms with E-state index in [9.17, 15) is 4.79 Å². The van der Waals surface area contributed by atoms with E-state index >= 15 is 0 Å². The second-order valence-corrected chi connectivity index (χ2v) is 9.73. The number of quaternary nitrogens is 2. The van der Waals surface area contributed by atoms with Crippen molar-refractivity contribution in [2.75, 3.05) is 64.2 Å². The van der Waals surface area contributed by atoms with E-state index in [0.717, 1.165) is 48.0 Å². The molecule has 0 atom stereocenters. The summed E-state index contributed by atoms with van der Waals surface area (Å²) in [5, 5.41) is 4.37. The molecule has 158 valence electrons. The van der Waals surface area contributed by atoms with Crippen LogP contribution >= 0.6 is 11.3 Å². The number of anilines is 1. The Morgan fingerprint density at radius 2 is 1.69 bits per heavy atom. The Morgan fingerprint density at radius 3 is 2.38 bits per heavy atom. The maximum absolute atomic E-state index is 12.8. The molecule has 3 N–H and O–H groups in total. The molecular formula is C21H34N6OS+2. The van der Waals surface area contributed by atoms with E-state index in [2.05, 4.69) is 29.1 Å².